The van der Waals surface area contributed by atoms with Crippen molar-refractivity contribution in [2.75, 3.05) is 7.05 Å². The predicted octanol–water partition coefficient (Wildman–Crippen LogP) is 4.95. The fourth-order valence-corrected chi connectivity index (χ4v) is 3.56. The van der Waals surface area contributed by atoms with Crippen LogP contribution in [0.3, 0.4) is 0 Å². The lowest BCUT2D eigenvalue weighted by Gasteiger charge is -2.19. The number of allylic oxidation sites excluding steroid dienone is 1. The summed E-state index contributed by atoms with van der Waals surface area (Å²) in [5, 5.41) is 10.5. The van der Waals surface area contributed by atoms with Gasteiger partial charge in [-0.2, -0.15) is 0 Å². The number of Topliss-reactive ketones (excluding diaryl/α,β-unsaturated/α-hetero) is 1. The maximum Gasteiger partial charge on any atom is 0.231 e. The molecule has 0 bridgehead atoms. The van der Waals surface area contributed by atoms with Gasteiger partial charge in [-0.3, -0.25) is 9.69 Å². The minimum atomic E-state index is -0.157. The second-order valence-corrected chi connectivity index (χ2v) is 7.39. The van der Waals surface area contributed by atoms with Crippen molar-refractivity contribution >= 4 is 11.9 Å². The highest BCUT2D eigenvalue weighted by Crippen LogP contribution is 2.40. The molecule has 0 aliphatic carbocycles. The minimum absolute atomic E-state index is 0.133. The lowest BCUT2D eigenvalue weighted by atomic mass is 10.0. The van der Waals surface area contributed by atoms with E-state index in [1.165, 1.54) is 5.56 Å². The van der Waals surface area contributed by atoms with Crippen LogP contribution in [-0.2, 0) is 13.1 Å². The van der Waals surface area contributed by atoms with Gasteiger partial charge in [-0.05, 0) is 48.9 Å². The fourth-order valence-electron chi connectivity index (χ4n) is 3.56. The van der Waals surface area contributed by atoms with Gasteiger partial charge in [0.15, 0.2) is 5.76 Å². The van der Waals surface area contributed by atoms with E-state index in [9.17, 15) is 9.90 Å². The number of phenols is 1. The number of rotatable bonds is 5. The highest BCUT2D eigenvalue weighted by atomic mass is 16.5. The van der Waals surface area contributed by atoms with Gasteiger partial charge in [0, 0.05) is 13.1 Å². The Hall–Kier alpha value is -3.37. The minimum Gasteiger partial charge on any atom is -0.507 e. The summed E-state index contributed by atoms with van der Waals surface area (Å²) in [6.07, 6.45) is 1.77. The lowest BCUT2D eigenvalue weighted by Crippen LogP contribution is -2.17. The number of carbonyl (C=O) groups excluding carboxylic acids is 1. The molecule has 0 unspecified atom stereocenters. The van der Waals surface area contributed by atoms with Crippen molar-refractivity contribution in [3.8, 4) is 11.5 Å². The van der Waals surface area contributed by atoms with Gasteiger partial charge in [-0.1, -0.05) is 54.6 Å². The van der Waals surface area contributed by atoms with Crippen LogP contribution in [0.4, 0.5) is 0 Å². The Morgan fingerprint density at radius 1 is 0.966 bits per heavy atom. The molecule has 0 aromatic heterocycles. The topological polar surface area (TPSA) is 49.8 Å². The number of benzene rings is 3. The SMILES string of the molecule is Cc1ccccc1/C=C1\Oc2c(ccc(O)c2CN(C)Cc2ccccc2)C1=O. The average molecular weight is 385 g/mol. The molecule has 146 valence electrons. The van der Waals surface area contributed by atoms with Crippen molar-refractivity contribution in [2.24, 2.45) is 0 Å². The van der Waals surface area contributed by atoms with Gasteiger partial charge < -0.3 is 9.84 Å². The number of carbonyl (C=O) groups is 1. The largest absolute Gasteiger partial charge is 0.507 e. The molecule has 0 saturated heterocycles. The Labute approximate surface area is 170 Å². The van der Waals surface area contributed by atoms with Crippen LogP contribution in [0.2, 0.25) is 0 Å². The van der Waals surface area contributed by atoms with E-state index in [2.05, 4.69) is 17.0 Å². The summed E-state index contributed by atoms with van der Waals surface area (Å²) < 4.78 is 5.97. The van der Waals surface area contributed by atoms with Crippen LogP contribution in [-0.4, -0.2) is 22.8 Å². The predicted molar refractivity (Wildman–Crippen MR) is 114 cm³/mol. The van der Waals surface area contributed by atoms with Crippen LogP contribution in [0.1, 0.15) is 32.6 Å². The molecule has 1 aliphatic heterocycles. The molecule has 3 aromatic carbocycles. The van der Waals surface area contributed by atoms with E-state index >= 15 is 0 Å². The Balaban J connectivity index is 1.62. The Morgan fingerprint density at radius 3 is 2.45 bits per heavy atom. The van der Waals surface area contributed by atoms with E-state index in [4.69, 9.17) is 4.74 Å². The maximum absolute atomic E-state index is 12.9. The van der Waals surface area contributed by atoms with Crippen LogP contribution >= 0.6 is 0 Å². The van der Waals surface area contributed by atoms with Crippen molar-refractivity contribution in [2.45, 2.75) is 20.0 Å². The van der Waals surface area contributed by atoms with Gasteiger partial charge in [0.1, 0.15) is 11.5 Å². The normalized spacial score (nSPS) is 14.3. The number of aromatic hydroxyl groups is 1. The number of phenolic OH excluding ortho intramolecular Hbond substituents is 1. The molecule has 0 amide bonds. The molecule has 0 saturated carbocycles. The van der Waals surface area contributed by atoms with Gasteiger partial charge >= 0.3 is 0 Å². The highest BCUT2D eigenvalue weighted by Gasteiger charge is 2.31. The molecule has 1 aliphatic rings. The fraction of sp³-hybridized carbons (Fsp3) is 0.160. The molecular formula is C25H23NO3. The third-order valence-corrected chi connectivity index (χ3v) is 5.11. The van der Waals surface area contributed by atoms with Crippen molar-refractivity contribution in [3.63, 3.8) is 0 Å². The first kappa shape index (κ1) is 19.0. The average Bonchev–Trinajstić information content (AvgIpc) is 3.02. The third kappa shape index (κ3) is 3.93. The zero-order valence-corrected chi connectivity index (χ0v) is 16.6. The molecule has 0 spiro atoms. The summed E-state index contributed by atoms with van der Waals surface area (Å²) in [5.41, 5.74) is 4.31. The van der Waals surface area contributed by atoms with Gasteiger partial charge in [0.2, 0.25) is 5.78 Å². The van der Waals surface area contributed by atoms with Crippen molar-refractivity contribution < 1.29 is 14.6 Å². The molecule has 1 heterocycles. The summed E-state index contributed by atoms with van der Waals surface area (Å²) in [6, 6.07) is 21.2. The van der Waals surface area contributed by atoms with E-state index in [1.807, 2.05) is 56.4 Å². The molecule has 3 aromatic rings. The molecule has 0 atom stereocenters. The van der Waals surface area contributed by atoms with Gasteiger partial charge in [0.25, 0.3) is 0 Å². The summed E-state index contributed by atoms with van der Waals surface area (Å²) in [6.45, 7) is 3.19. The first-order chi connectivity index (χ1) is 14.0. The first-order valence-corrected chi connectivity index (χ1v) is 9.60. The lowest BCUT2D eigenvalue weighted by molar-refractivity contribution is 0.101. The molecular weight excluding hydrogens is 362 g/mol. The van der Waals surface area contributed by atoms with Crippen molar-refractivity contribution in [1.82, 2.24) is 4.90 Å². The molecule has 1 N–H and O–H groups in total. The van der Waals surface area contributed by atoms with Crippen molar-refractivity contribution in [1.29, 1.82) is 0 Å². The van der Waals surface area contributed by atoms with Crippen LogP contribution in [0, 0.1) is 6.92 Å². The molecule has 0 fully saturated rings. The second kappa shape index (κ2) is 7.94. The third-order valence-electron chi connectivity index (χ3n) is 5.11. The number of aryl methyl sites for hydroxylation is 1. The van der Waals surface area contributed by atoms with E-state index in [0.29, 0.717) is 23.4 Å². The van der Waals surface area contributed by atoms with Crippen LogP contribution in [0.5, 0.6) is 11.5 Å². The summed E-state index contributed by atoms with van der Waals surface area (Å²) in [7, 11) is 1.98. The molecule has 0 radical (unpaired) electrons. The summed E-state index contributed by atoms with van der Waals surface area (Å²) in [4.78, 5) is 14.9. The second-order valence-electron chi connectivity index (χ2n) is 7.39. The molecule has 29 heavy (non-hydrogen) atoms. The van der Waals surface area contributed by atoms with Gasteiger partial charge in [0.05, 0.1) is 11.1 Å². The van der Waals surface area contributed by atoms with Gasteiger partial charge in [-0.25, -0.2) is 0 Å². The number of ketones is 1. The van der Waals surface area contributed by atoms with E-state index in [0.717, 1.165) is 17.7 Å². The van der Waals surface area contributed by atoms with Gasteiger partial charge in [-0.15, -0.1) is 0 Å². The van der Waals surface area contributed by atoms with Crippen LogP contribution < -0.4 is 4.74 Å². The Bertz CT molecular complexity index is 1090. The van der Waals surface area contributed by atoms with Crippen LogP contribution in [0.15, 0.2) is 72.5 Å². The van der Waals surface area contributed by atoms with E-state index in [1.54, 1.807) is 18.2 Å². The zero-order valence-electron chi connectivity index (χ0n) is 16.6. The zero-order chi connectivity index (χ0) is 20.4. The van der Waals surface area contributed by atoms with E-state index in [-0.39, 0.29) is 17.3 Å². The number of hydrogen-bond acceptors (Lipinski definition) is 4. The highest BCUT2D eigenvalue weighted by molar-refractivity contribution is 6.15. The number of nitrogens with zero attached hydrogens (tertiary/aromatic N) is 1. The maximum atomic E-state index is 12.9. The van der Waals surface area contributed by atoms with Crippen molar-refractivity contribution in [3.05, 3.63) is 100 Å². The Kier molecular flexibility index (Phi) is 5.19. The Morgan fingerprint density at radius 2 is 1.69 bits per heavy atom. The summed E-state index contributed by atoms with van der Waals surface area (Å²) in [5.74, 6) is 0.713. The summed E-state index contributed by atoms with van der Waals surface area (Å²) >= 11 is 0. The number of hydrogen-bond donors (Lipinski definition) is 1. The smallest absolute Gasteiger partial charge is 0.231 e. The molecule has 4 nitrogen and oxygen atoms in total. The molecule has 4 heteroatoms. The standard InChI is InChI=1S/C25H23NO3/c1-17-8-6-7-11-19(17)14-23-24(28)20-12-13-22(27)21(25(20)29-23)16-26(2)15-18-9-4-3-5-10-18/h3-14,27H,15-16H2,1-2H3/b23-14-. The monoisotopic (exact) mass is 385 g/mol. The first-order valence-electron chi connectivity index (χ1n) is 9.60. The number of fused-ring (bicyclic) bond motifs is 1. The quantitative estimate of drug-likeness (QED) is 0.632. The molecule has 4 rings (SSSR count). The number of ether oxygens (including phenoxy) is 1. The van der Waals surface area contributed by atoms with Crippen LogP contribution in [0.25, 0.3) is 6.08 Å². The van der Waals surface area contributed by atoms with E-state index < -0.39 is 0 Å².